The Kier molecular flexibility index (Phi) is 6.61. The molecule has 8 aromatic carbocycles. The monoisotopic (exact) mass is 699 g/mol. The van der Waals surface area contributed by atoms with Crippen LogP contribution in [0.3, 0.4) is 0 Å². The van der Waals surface area contributed by atoms with Gasteiger partial charge in [-0.15, -0.1) is 0 Å². The number of rotatable bonds is 4. The minimum absolute atomic E-state index is 0.575. The van der Waals surface area contributed by atoms with Gasteiger partial charge in [0.1, 0.15) is 6.07 Å². The van der Waals surface area contributed by atoms with Crippen molar-refractivity contribution in [1.82, 2.24) is 13.7 Å². The fourth-order valence-electron chi connectivity index (χ4n) is 8.90. The van der Waals surface area contributed by atoms with Crippen LogP contribution in [0.25, 0.3) is 93.6 Å². The Morgan fingerprint density at radius 2 is 0.782 bits per heavy atom. The molecular formula is C50H29N5. The van der Waals surface area contributed by atoms with Gasteiger partial charge in [-0.1, -0.05) is 109 Å². The maximum absolute atomic E-state index is 10.9. The molecular weight excluding hydrogens is 671 g/mol. The van der Waals surface area contributed by atoms with Gasteiger partial charge in [-0.2, -0.15) is 10.5 Å². The van der Waals surface area contributed by atoms with E-state index in [0.717, 1.165) is 82.8 Å². The highest BCUT2D eigenvalue weighted by Crippen LogP contribution is 2.42. The van der Waals surface area contributed by atoms with Crippen LogP contribution >= 0.6 is 0 Å². The van der Waals surface area contributed by atoms with E-state index in [1.807, 2.05) is 42.5 Å². The minimum Gasteiger partial charge on any atom is -0.309 e. The Morgan fingerprint density at radius 1 is 0.327 bits per heavy atom. The molecule has 0 saturated heterocycles. The van der Waals surface area contributed by atoms with Crippen LogP contribution in [0.4, 0.5) is 0 Å². The molecule has 0 N–H and O–H groups in total. The van der Waals surface area contributed by atoms with Crippen molar-refractivity contribution in [3.63, 3.8) is 0 Å². The SMILES string of the molecule is N#Cc1cc(-c2ccccc2-n2c3ccccc3c3c(C#N)cccc32)ccc1-n1c2ccccc2c2c(-n3c4ccccc4c4ccccc43)cccc21. The maximum atomic E-state index is 10.9. The average Bonchev–Trinajstić information content (AvgIpc) is 3.89. The summed E-state index contributed by atoms with van der Waals surface area (Å²) in [5.41, 5.74) is 12.4. The highest BCUT2D eigenvalue weighted by atomic mass is 15.0. The van der Waals surface area contributed by atoms with E-state index in [4.69, 9.17) is 0 Å². The lowest BCUT2D eigenvalue weighted by atomic mass is 10.00. The molecule has 55 heavy (non-hydrogen) atoms. The molecule has 0 unspecified atom stereocenters. The molecule has 11 aromatic rings. The summed E-state index contributed by atoms with van der Waals surface area (Å²) < 4.78 is 6.86. The third-order valence-corrected chi connectivity index (χ3v) is 11.1. The number of nitrogens with zero attached hydrogens (tertiary/aromatic N) is 5. The first kappa shape index (κ1) is 30.7. The zero-order valence-corrected chi connectivity index (χ0v) is 29.5. The Bertz CT molecular complexity index is 3420. The van der Waals surface area contributed by atoms with Crippen LogP contribution in [-0.4, -0.2) is 13.7 Å². The van der Waals surface area contributed by atoms with Gasteiger partial charge in [-0.3, -0.25) is 0 Å². The van der Waals surface area contributed by atoms with Gasteiger partial charge in [0.15, 0.2) is 0 Å². The minimum atomic E-state index is 0.575. The summed E-state index contributed by atoms with van der Waals surface area (Å²) in [7, 11) is 0. The second-order valence-corrected chi connectivity index (χ2v) is 13.9. The van der Waals surface area contributed by atoms with E-state index in [-0.39, 0.29) is 0 Å². The topological polar surface area (TPSA) is 62.4 Å². The standard InChI is InChI=1S/C50H29N5/c51-30-33-13-11-24-46-49(33)38-17-4-9-22-44(38)54(46)41-19-6-1-14-35(41)32-27-28-40(34(29-32)31-52)53-45-23-10-5-18-39(45)50-47(53)25-12-26-48(50)55-42-20-7-2-15-36(42)37-16-3-8-21-43(37)55/h1-29H. The Balaban J connectivity index is 1.14. The van der Waals surface area contributed by atoms with Gasteiger partial charge >= 0.3 is 0 Å². The molecule has 0 spiro atoms. The fourth-order valence-corrected chi connectivity index (χ4v) is 8.90. The molecule has 0 aliphatic carbocycles. The van der Waals surface area contributed by atoms with Crippen LogP contribution < -0.4 is 0 Å². The number of para-hydroxylation sites is 5. The van der Waals surface area contributed by atoms with Crippen LogP contribution in [0, 0.1) is 22.7 Å². The van der Waals surface area contributed by atoms with E-state index in [9.17, 15) is 10.5 Å². The van der Waals surface area contributed by atoms with Crippen molar-refractivity contribution in [3.8, 4) is 40.3 Å². The highest BCUT2D eigenvalue weighted by Gasteiger charge is 2.22. The molecule has 5 heteroatoms. The van der Waals surface area contributed by atoms with E-state index in [1.54, 1.807) is 0 Å². The number of fused-ring (bicyclic) bond motifs is 9. The zero-order chi connectivity index (χ0) is 36.6. The smallest absolute Gasteiger partial charge is 0.101 e. The van der Waals surface area contributed by atoms with Crippen LogP contribution in [-0.2, 0) is 0 Å². The zero-order valence-electron chi connectivity index (χ0n) is 29.5. The van der Waals surface area contributed by atoms with E-state index < -0.39 is 0 Å². The van der Waals surface area contributed by atoms with E-state index in [0.29, 0.717) is 11.1 Å². The molecule has 0 bridgehead atoms. The Morgan fingerprint density at radius 3 is 1.44 bits per heavy atom. The first-order valence-corrected chi connectivity index (χ1v) is 18.3. The molecule has 0 aliphatic heterocycles. The maximum Gasteiger partial charge on any atom is 0.101 e. The van der Waals surface area contributed by atoms with Crippen molar-refractivity contribution < 1.29 is 0 Å². The quantitative estimate of drug-likeness (QED) is 0.184. The molecule has 0 amide bonds. The number of hydrogen-bond acceptors (Lipinski definition) is 2. The van der Waals surface area contributed by atoms with Crippen LogP contribution in [0.5, 0.6) is 0 Å². The van der Waals surface area contributed by atoms with Gasteiger partial charge in [-0.25, -0.2) is 0 Å². The number of hydrogen-bond donors (Lipinski definition) is 0. The van der Waals surface area contributed by atoms with E-state index in [1.165, 1.54) is 10.8 Å². The predicted octanol–water partition coefficient (Wildman–Crippen LogP) is 12.4. The lowest BCUT2D eigenvalue weighted by Crippen LogP contribution is -2.00. The fraction of sp³-hybridized carbons (Fsp3) is 0. The normalized spacial score (nSPS) is 11.6. The summed E-state index contributed by atoms with van der Waals surface area (Å²) in [5.74, 6) is 0. The summed E-state index contributed by atoms with van der Waals surface area (Å²) in [6.07, 6.45) is 0. The number of aromatic nitrogens is 3. The van der Waals surface area contributed by atoms with Gasteiger partial charge in [0.05, 0.1) is 67.4 Å². The largest absolute Gasteiger partial charge is 0.309 e. The number of benzene rings is 8. The van der Waals surface area contributed by atoms with Gasteiger partial charge in [0, 0.05) is 37.9 Å². The Labute approximate surface area is 316 Å². The lowest BCUT2D eigenvalue weighted by Gasteiger charge is -2.16. The molecule has 0 saturated carbocycles. The highest BCUT2D eigenvalue weighted by molar-refractivity contribution is 6.17. The van der Waals surface area contributed by atoms with Crippen LogP contribution in [0.1, 0.15) is 11.1 Å². The first-order chi connectivity index (χ1) is 27.2. The lowest BCUT2D eigenvalue weighted by molar-refractivity contribution is 1.16. The number of nitriles is 2. The summed E-state index contributed by atoms with van der Waals surface area (Å²) in [5, 5.41) is 27.6. The molecule has 0 aliphatic rings. The van der Waals surface area contributed by atoms with Gasteiger partial charge in [0.25, 0.3) is 0 Å². The predicted molar refractivity (Wildman–Crippen MR) is 224 cm³/mol. The second kappa shape index (κ2) is 11.8. The van der Waals surface area contributed by atoms with Crippen molar-refractivity contribution in [3.05, 3.63) is 187 Å². The van der Waals surface area contributed by atoms with Crippen molar-refractivity contribution in [1.29, 1.82) is 10.5 Å². The molecule has 5 nitrogen and oxygen atoms in total. The average molecular weight is 700 g/mol. The van der Waals surface area contributed by atoms with Crippen molar-refractivity contribution >= 4 is 65.4 Å². The molecule has 3 heterocycles. The summed E-state index contributed by atoms with van der Waals surface area (Å²) >= 11 is 0. The van der Waals surface area contributed by atoms with Crippen molar-refractivity contribution in [2.45, 2.75) is 0 Å². The van der Waals surface area contributed by atoms with Crippen molar-refractivity contribution in [2.75, 3.05) is 0 Å². The molecule has 254 valence electrons. The first-order valence-electron chi connectivity index (χ1n) is 18.3. The molecule has 11 rings (SSSR count). The molecule has 0 fully saturated rings. The summed E-state index contributed by atoms with van der Waals surface area (Å²) in [6.45, 7) is 0. The molecule has 0 atom stereocenters. The van der Waals surface area contributed by atoms with Gasteiger partial charge in [-0.05, 0) is 72.3 Å². The van der Waals surface area contributed by atoms with E-state index >= 15 is 0 Å². The summed E-state index contributed by atoms with van der Waals surface area (Å²) in [6, 6.07) is 65.8. The Hall–Kier alpha value is -7.86. The second-order valence-electron chi connectivity index (χ2n) is 13.9. The van der Waals surface area contributed by atoms with E-state index in [2.05, 4.69) is 159 Å². The van der Waals surface area contributed by atoms with Gasteiger partial charge < -0.3 is 13.7 Å². The molecule has 0 radical (unpaired) electrons. The third-order valence-electron chi connectivity index (χ3n) is 11.1. The van der Waals surface area contributed by atoms with Gasteiger partial charge in [0.2, 0.25) is 0 Å². The molecule has 3 aromatic heterocycles. The van der Waals surface area contributed by atoms with Crippen LogP contribution in [0.15, 0.2) is 176 Å². The van der Waals surface area contributed by atoms with Crippen molar-refractivity contribution in [2.24, 2.45) is 0 Å². The third kappa shape index (κ3) is 4.33. The van der Waals surface area contributed by atoms with Crippen LogP contribution in [0.2, 0.25) is 0 Å². The summed E-state index contributed by atoms with van der Waals surface area (Å²) in [4.78, 5) is 0.